The van der Waals surface area contributed by atoms with E-state index in [1.807, 2.05) is 6.07 Å². The molecular weight excluding hydrogens is 269 g/mol. The standard InChI is InChI=1S/C17H26FNO2/c1-17(2,3)16(21)19-15-10-9-13(12-14(15)18)8-6-4-5-7-11-20/h9-10,12,20H,4-8,11H2,1-3H3,(H,19,21). The Balaban J connectivity index is 2.54. The molecule has 1 rings (SSSR count). The van der Waals surface area contributed by atoms with Gasteiger partial charge in [0, 0.05) is 12.0 Å². The van der Waals surface area contributed by atoms with Gasteiger partial charge in [-0.1, -0.05) is 39.7 Å². The van der Waals surface area contributed by atoms with Crippen LogP contribution in [-0.2, 0) is 11.2 Å². The smallest absolute Gasteiger partial charge is 0.229 e. The summed E-state index contributed by atoms with van der Waals surface area (Å²) in [6, 6.07) is 4.97. The fourth-order valence-corrected chi connectivity index (χ4v) is 1.92. The number of carbonyl (C=O) groups excluding carboxylic acids is 1. The molecule has 118 valence electrons. The van der Waals surface area contributed by atoms with Gasteiger partial charge < -0.3 is 10.4 Å². The van der Waals surface area contributed by atoms with Crippen molar-refractivity contribution in [2.45, 2.75) is 52.9 Å². The highest BCUT2D eigenvalue weighted by Crippen LogP contribution is 2.21. The lowest BCUT2D eigenvalue weighted by Gasteiger charge is -2.18. The average molecular weight is 295 g/mol. The Morgan fingerprint density at radius 2 is 1.86 bits per heavy atom. The molecule has 0 unspecified atom stereocenters. The van der Waals surface area contributed by atoms with Gasteiger partial charge in [0.1, 0.15) is 5.82 Å². The number of rotatable bonds is 7. The molecule has 2 N–H and O–H groups in total. The minimum absolute atomic E-state index is 0.196. The van der Waals surface area contributed by atoms with E-state index in [-0.39, 0.29) is 24.0 Å². The molecule has 0 aliphatic heterocycles. The molecule has 0 fully saturated rings. The van der Waals surface area contributed by atoms with Gasteiger partial charge in [0.25, 0.3) is 0 Å². The molecule has 0 aromatic heterocycles. The van der Waals surface area contributed by atoms with Gasteiger partial charge in [-0.3, -0.25) is 4.79 Å². The van der Waals surface area contributed by atoms with Gasteiger partial charge in [0.05, 0.1) is 5.69 Å². The average Bonchev–Trinajstić information content (AvgIpc) is 2.40. The number of amides is 1. The van der Waals surface area contributed by atoms with Crippen molar-refractivity contribution in [3.8, 4) is 0 Å². The van der Waals surface area contributed by atoms with E-state index < -0.39 is 5.41 Å². The lowest BCUT2D eigenvalue weighted by Crippen LogP contribution is -2.28. The second kappa shape index (κ2) is 8.13. The lowest BCUT2D eigenvalue weighted by atomic mass is 9.95. The highest BCUT2D eigenvalue weighted by Gasteiger charge is 2.22. The summed E-state index contributed by atoms with van der Waals surface area (Å²) < 4.78 is 14.0. The highest BCUT2D eigenvalue weighted by atomic mass is 19.1. The van der Waals surface area contributed by atoms with Gasteiger partial charge in [-0.25, -0.2) is 4.39 Å². The molecule has 0 bridgehead atoms. The van der Waals surface area contributed by atoms with Crippen molar-refractivity contribution >= 4 is 11.6 Å². The number of hydrogen-bond acceptors (Lipinski definition) is 2. The number of anilines is 1. The number of unbranched alkanes of at least 4 members (excludes halogenated alkanes) is 3. The SMILES string of the molecule is CC(C)(C)C(=O)Nc1ccc(CCCCCCO)cc1F. The van der Waals surface area contributed by atoms with Crippen molar-refractivity contribution in [1.29, 1.82) is 0 Å². The molecular formula is C17H26FNO2. The number of nitrogens with one attached hydrogen (secondary N) is 1. The van der Waals surface area contributed by atoms with Gasteiger partial charge in [-0.05, 0) is 37.0 Å². The van der Waals surface area contributed by atoms with Crippen molar-refractivity contribution in [3.63, 3.8) is 0 Å². The zero-order valence-corrected chi connectivity index (χ0v) is 13.2. The third-order valence-corrected chi connectivity index (χ3v) is 3.34. The number of hydrogen-bond donors (Lipinski definition) is 2. The van der Waals surface area contributed by atoms with Crippen molar-refractivity contribution in [2.24, 2.45) is 5.41 Å². The molecule has 0 saturated heterocycles. The highest BCUT2D eigenvalue weighted by molar-refractivity contribution is 5.94. The molecule has 1 aromatic carbocycles. The minimum Gasteiger partial charge on any atom is -0.396 e. The first kappa shape index (κ1) is 17.6. The summed E-state index contributed by atoms with van der Waals surface area (Å²) in [5.74, 6) is -0.585. The predicted molar refractivity (Wildman–Crippen MR) is 83.7 cm³/mol. The van der Waals surface area contributed by atoms with Gasteiger partial charge in [-0.15, -0.1) is 0 Å². The summed E-state index contributed by atoms with van der Waals surface area (Å²) in [7, 11) is 0. The van der Waals surface area contributed by atoms with E-state index in [2.05, 4.69) is 5.32 Å². The topological polar surface area (TPSA) is 49.3 Å². The van der Waals surface area contributed by atoms with Gasteiger partial charge in [0.15, 0.2) is 0 Å². The summed E-state index contributed by atoms with van der Waals surface area (Å²) >= 11 is 0. The maximum Gasteiger partial charge on any atom is 0.229 e. The number of aliphatic hydroxyl groups is 1. The molecule has 0 heterocycles. The van der Waals surface area contributed by atoms with Gasteiger partial charge in [-0.2, -0.15) is 0 Å². The zero-order valence-electron chi connectivity index (χ0n) is 13.2. The molecule has 1 aromatic rings. The summed E-state index contributed by atoms with van der Waals surface area (Å²) in [6.07, 6.45) is 4.65. The number of benzene rings is 1. The minimum atomic E-state index is -0.544. The first-order valence-corrected chi connectivity index (χ1v) is 7.55. The fourth-order valence-electron chi connectivity index (χ4n) is 1.92. The fraction of sp³-hybridized carbons (Fsp3) is 0.588. The van der Waals surface area contributed by atoms with Crippen LogP contribution < -0.4 is 5.32 Å². The Morgan fingerprint density at radius 1 is 1.19 bits per heavy atom. The van der Waals surface area contributed by atoms with Crippen molar-refractivity contribution in [3.05, 3.63) is 29.6 Å². The number of halogens is 1. The monoisotopic (exact) mass is 295 g/mol. The van der Waals surface area contributed by atoms with E-state index in [0.717, 1.165) is 37.7 Å². The van der Waals surface area contributed by atoms with E-state index in [0.29, 0.717) is 0 Å². The van der Waals surface area contributed by atoms with Crippen LogP contribution >= 0.6 is 0 Å². The van der Waals surface area contributed by atoms with Gasteiger partial charge in [0.2, 0.25) is 5.91 Å². The van der Waals surface area contributed by atoms with E-state index in [1.165, 1.54) is 6.07 Å². The summed E-state index contributed by atoms with van der Waals surface area (Å²) in [5.41, 5.74) is 0.627. The van der Waals surface area contributed by atoms with Crippen LogP contribution in [0.4, 0.5) is 10.1 Å². The van der Waals surface area contributed by atoms with Crippen LogP contribution in [0.1, 0.15) is 52.0 Å². The largest absolute Gasteiger partial charge is 0.396 e. The Kier molecular flexibility index (Phi) is 6.82. The normalized spacial score (nSPS) is 11.5. The van der Waals surface area contributed by atoms with Gasteiger partial charge >= 0.3 is 0 Å². The van der Waals surface area contributed by atoms with E-state index in [1.54, 1.807) is 26.8 Å². The molecule has 0 aliphatic rings. The molecule has 0 aliphatic carbocycles. The van der Waals surface area contributed by atoms with Crippen LogP contribution in [0, 0.1) is 11.2 Å². The van der Waals surface area contributed by atoms with E-state index >= 15 is 0 Å². The van der Waals surface area contributed by atoms with Crippen LogP contribution in [0.2, 0.25) is 0 Å². The van der Waals surface area contributed by atoms with Crippen molar-refractivity contribution in [2.75, 3.05) is 11.9 Å². The second-order valence-electron chi connectivity index (χ2n) is 6.41. The maximum absolute atomic E-state index is 14.0. The first-order chi connectivity index (χ1) is 9.84. The van der Waals surface area contributed by atoms with E-state index in [9.17, 15) is 9.18 Å². The Morgan fingerprint density at radius 3 is 2.43 bits per heavy atom. The first-order valence-electron chi connectivity index (χ1n) is 7.55. The van der Waals surface area contributed by atoms with Crippen LogP contribution in [0.3, 0.4) is 0 Å². The number of aryl methyl sites for hydroxylation is 1. The summed E-state index contributed by atoms with van der Waals surface area (Å²) in [5, 5.41) is 11.3. The van der Waals surface area contributed by atoms with Crippen LogP contribution in [-0.4, -0.2) is 17.6 Å². The zero-order chi connectivity index (χ0) is 15.9. The molecule has 0 radical (unpaired) electrons. The third kappa shape index (κ3) is 6.25. The molecule has 3 nitrogen and oxygen atoms in total. The maximum atomic E-state index is 14.0. The summed E-state index contributed by atoms with van der Waals surface area (Å²) in [4.78, 5) is 11.8. The van der Waals surface area contributed by atoms with Crippen LogP contribution in [0.15, 0.2) is 18.2 Å². The number of aliphatic hydroxyl groups excluding tert-OH is 1. The molecule has 0 saturated carbocycles. The van der Waals surface area contributed by atoms with Crippen LogP contribution in [0.5, 0.6) is 0 Å². The van der Waals surface area contributed by atoms with Crippen LogP contribution in [0.25, 0.3) is 0 Å². The Bertz CT molecular complexity index is 466. The number of carbonyl (C=O) groups is 1. The third-order valence-electron chi connectivity index (χ3n) is 3.34. The lowest BCUT2D eigenvalue weighted by molar-refractivity contribution is -0.123. The molecule has 21 heavy (non-hydrogen) atoms. The Labute approximate surface area is 126 Å². The molecule has 0 atom stereocenters. The quantitative estimate of drug-likeness (QED) is 0.749. The predicted octanol–water partition coefficient (Wildman–Crippen LogP) is 3.91. The molecule has 0 spiro atoms. The van der Waals surface area contributed by atoms with Crippen molar-refractivity contribution in [1.82, 2.24) is 0 Å². The second-order valence-corrected chi connectivity index (χ2v) is 6.41. The molecule has 1 amide bonds. The van der Waals surface area contributed by atoms with Crippen molar-refractivity contribution < 1.29 is 14.3 Å². The Hall–Kier alpha value is -1.42. The van der Waals surface area contributed by atoms with E-state index in [4.69, 9.17) is 5.11 Å². The summed E-state index contributed by atoms with van der Waals surface area (Å²) in [6.45, 7) is 5.61. The molecule has 4 heteroatoms.